The number of methoxy groups -OCH3 is 1. The molecule has 0 fully saturated rings. The van der Waals surface area contributed by atoms with Crippen LogP contribution in [0.2, 0.25) is 5.02 Å². The van der Waals surface area contributed by atoms with E-state index in [1.54, 1.807) is 29.6 Å². The SMILES string of the molecule is COc1ccc(NC(=O)c2cc(COc3ccc(Cl)c(C)c3)cs2)c([N+](=O)[O-])c1. The number of ether oxygens (including phenoxy) is 2. The highest BCUT2D eigenvalue weighted by atomic mass is 35.5. The summed E-state index contributed by atoms with van der Waals surface area (Å²) in [6.45, 7) is 2.17. The van der Waals surface area contributed by atoms with E-state index in [0.717, 1.165) is 11.1 Å². The van der Waals surface area contributed by atoms with Crippen molar-refractivity contribution < 1.29 is 19.2 Å². The first-order chi connectivity index (χ1) is 13.9. The van der Waals surface area contributed by atoms with Crippen LogP contribution in [0.4, 0.5) is 11.4 Å². The third-order valence-corrected chi connectivity index (χ3v) is 5.46. The summed E-state index contributed by atoms with van der Waals surface area (Å²) in [5.74, 6) is 0.581. The van der Waals surface area contributed by atoms with Crippen molar-refractivity contribution in [3.8, 4) is 11.5 Å². The molecule has 2 aromatic carbocycles. The number of thiophene rings is 1. The lowest BCUT2D eigenvalue weighted by molar-refractivity contribution is -0.384. The molecular weight excluding hydrogens is 416 g/mol. The average Bonchev–Trinajstić information content (AvgIpc) is 3.18. The highest BCUT2D eigenvalue weighted by molar-refractivity contribution is 7.12. The fourth-order valence-electron chi connectivity index (χ4n) is 2.52. The van der Waals surface area contributed by atoms with Gasteiger partial charge < -0.3 is 14.8 Å². The first-order valence-corrected chi connectivity index (χ1v) is 9.73. The molecule has 0 aliphatic rings. The summed E-state index contributed by atoms with van der Waals surface area (Å²) < 4.78 is 10.7. The Kier molecular flexibility index (Phi) is 6.36. The van der Waals surface area contributed by atoms with Crippen molar-refractivity contribution >= 4 is 40.2 Å². The molecule has 0 aliphatic heterocycles. The van der Waals surface area contributed by atoms with E-state index >= 15 is 0 Å². The molecule has 1 heterocycles. The van der Waals surface area contributed by atoms with Gasteiger partial charge in [0, 0.05) is 10.6 Å². The predicted molar refractivity (Wildman–Crippen MR) is 112 cm³/mol. The molecule has 3 aromatic rings. The molecular formula is C20H17ClN2O5S. The number of aryl methyl sites for hydroxylation is 1. The Balaban J connectivity index is 1.68. The van der Waals surface area contributed by atoms with Gasteiger partial charge in [-0.2, -0.15) is 0 Å². The standard InChI is InChI=1S/C20H17ClN2O5S/c1-12-7-15(3-5-16(12)21)28-10-13-8-19(29-11-13)20(24)22-17-6-4-14(27-2)9-18(17)23(25)26/h3-9,11H,10H2,1-2H3,(H,22,24). The summed E-state index contributed by atoms with van der Waals surface area (Å²) in [5, 5.41) is 16.3. The maximum Gasteiger partial charge on any atom is 0.296 e. The minimum Gasteiger partial charge on any atom is -0.496 e. The fraction of sp³-hybridized carbons (Fsp3) is 0.150. The fourth-order valence-corrected chi connectivity index (χ4v) is 3.43. The van der Waals surface area contributed by atoms with Gasteiger partial charge in [0.1, 0.15) is 23.8 Å². The molecule has 1 amide bonds. The number of rotatable bonds is 7. The molecule has 29 heavy (non-hydrogen) atoms. The van der Waals surface area contributed by atoms with Crippen molar-refractivity contribution in [3.05, 3.63) is 79.0 Å². The van der Waals surface area contributed by atoms with E-state index in [9.17, 15) is 14.9 Å². The van der Waals surface area contributed by atoms with Crippen molar-refractivity contribution in [2.45, 2.75) is 13.5 Å². The lowest BCUT2D eigenvalue weighted by Gasteiger charge is -2.07. The van der Waals surface area contributed by atoms with Gasteiger partial charge in [-0.05, 0) is 54.3 Å². The van der Waals surface area contributed by atoms with E-state index < -0.39 is 10.8 Å². The van der Waals surface area contributed by atoms with Crippen LogP contribution in [-0.4, -0.2) is 17.9 Å². The summed E-state index contributed by atoms with van der Waals surface area (Å²) in [6, 6.07) is 11.3. The van der Waals surface area contributed by atoms with Gasteiger partial charge in [-0.25, -0.2) is 0 Å². The largest absolute Gasteiger partial charge is 0.496 e. The molecule has 0 radical (unpaired) electrons. The van der Waals surface area contributed by atoms with E-state index in [4.69, 9.17) is 21.1 Å². The Morgan fingerprint density at radius 2 is 1.97 bits per heavy atom. The smallest absolute Gasteiger partial charge is 0.296 e. The Morgan fingerprint density at radius 3 is 2.66 bits per heavy atom. The van der Waals surface area contributed by atoms with Crippen LogP contribution in [0.3, 0.4) is 0 Å². The molecule has 0 saturated carbocycles. The summed E-state index contributed by atoms with van der Waals surface area (Å²) in [7, 11) is 1.41. The van der Waals surface area contributed by atoms with Crippen molar-refractivity contribution in [1.82, 2.24) is 0 Å². The van der Waals surface area contributed by atoms with Crippen LogP contribution in [0.1, 0.15) is 20.8 Å². The average molecular weight is 433 g/mol. The van der Waals surface area contributed by atoms with Crippen LogP contribution >= 0.6 is 22.9 Å². The maximum atomic E-state index is 12.5. The van der Waals surface area contributed by atoms with E-state index in [0.29, 0.717) is 21.4 Å². The van der Waals surface area contributed by atoms with Gasteiger partial charge in [-0.15, -0.1) is 11.3 Å². The zero-order valence-corrected chi connectivity index (χ0v) is 17.2. The second-order valence-electron chi connectivity index (χ2n) is 6.11. The maximum absolute atomic E-state index is 12.5. The molecule has 3 rings (SSSR count). The van der Waals surface area contributed by atoms with Crippen molar-refractivity contribution in [2.75, 3.05) is 12.4 Å². The molecule has 150 valence electrons. The Labute approximate surface area is 176 Å². The Morgan fingerprint density at radius 1 is 1.21 bits per heavy atom. The van der Waals surface area contributed by atoms with Gasteiger partial charge in [0.2, 0.25) is 0 Å². The van der Waals surface area contributed by atoms with Gasteiger partial charge in [0.25, 0.3) is 11.6 Å². The summed E-state index contributed by atoms with van der Waals surface area (Å²) in [4.78, 5) is 23.6. The minimum atomic E-state index is -0.570. The number of anilines is 1. The van der Waals surface area contributed by atoms with Crippen LogP contribution in [0.5, 0.6) is 11.5 Å². The normalized spacial score (nSPS) is 10.4. The number of hydrogen-bond donors (Lipinski definition) is 1. The summed E-state index contributed by atoms with van der Waals surface area (Å²) in [6.07, 6.45) is 0. The molecule has 9 heteroatoms. The highest BCUT2D eigenvalue weighted by Crippen LogP contribution is 2.30. The monoisotopic (exact) mass is 432 g/mol. The molecule has 1 aromatic heterocycles. The third kappa shape index (κ3) is 5.04. The lowest BCUT2D eigenvalue weighted by Crippen LogP contribution is -2.11. The number of nitro benzene ring substituents is 1. The van der Waals surface area contributed by atoms with Gasteiger partial charge in [0.15, 0.2) is 0 Å². The van der Waals surface area contributed by atoms with E-state index in [1.165, 1.54) is 30.6 Å². The van der Waals surface area contributed by atoms with Crippen LogP contribution in [0.15, 0.2) is 47.8 Å². The van der Waals surface area contributed by atoms with Crippen molar-refractivity contribution in [2.24, 2.45) is 0 Å². The first-order valence-electron chi connectivity index (χ1n) is 8.47. The lowest BCUT2D eigenvalue weighted by atomic mass is 10.2. The van der Waals surface area contributed by atoms with Crippen molar-refractivity contribution in [1.29, 1.82) is 0 Å². The number of nitro groups is 1. The summed E-state index contributed by atoms with van der Waals surface area (Å²) >= 11 is 7.23. The quantitative estimate of drug-likeness (QED) is 0.395. The topological polar surface area (TPSA) is 90.7 Å². The highest BCUT2D eigenvalue weighted by Gasteiger charge is 2.19. The van der Waals surface area contributed by atoms with Crippen LogP contribution < -0.4 is 14.8 Å². The van der Waals surface area contributed by atoms with E-state index in [-0.39, 0.29) is 18.0 Å². The molecule has 0 aliphatic carbocycles. The predicted octanol–water partition coefficient (Wildman–Crippen LogP) is 5.46. The Hall–Kier alpha value is -3.10. The molecule has 7 nitrogen and oxygen atoms in total. The molecule has 0 bridgehead atoms. The second-order valence-corrected chi connectivity index (χ2v) is 7.43. The number of nitrogens with zero attached hydrogens (tertiary/aromatic N) is 1. The third-order valence-electron chi connectivity index (χ3n) is 4.06. The molecule has 0 atom stereocenters. The number of halogens is 1. The van der Waals surface area contributed by atoms with Crippen LogP contribution in [-0.2, 0) is 6.61 Å². The Bertz CT molecular complexity index is 1070. The van der Waals surface area contributed by atoms with Gasteiger partial charge in [-0.3, -0.25) is 14.9 Å². The zero-order valence-electron chi connectivity index (χ0n) is 15.6. The molecule has 0 spiro atoms. The van der Waals surface area contributed by atoms with Gasteiger partial charge >= 0.3 is 0 Å². The number of hydrogen-bond acceptors (Lipinski definition) is 6. The van der Waals surface area contributed by atoms with Crippen LogP contribution in [0.25, 0.3) is 0 Å². The minimum absolute atomic E-state index is 0.101. The van der Waals surface area contributed by atoms with Crippen LogP contribution in [0, 0.1) is 17.0 Å². The molecule has 0 saturated heterocycles. The second kappa shape index (κ2) is 8.93. The summed E-state index contributed by atoms with van der Waals surface area (Å²) in [5.41, 5.74) is 1.59. The van der Waals surface area contributed by atoms with E-state index in [2.05, 4.69) is 5.32 Å². The molecule has 1 N–H and O–H groups in total. The number of amides is 1. The van der Waals surface area contributed by atoms with Gasteiger partial charge in [-0.1, -0.05) is 11.6 Å². The molecule has 0 unspecified atom stereocenters. The first kappa shape index (κ1) is 20.6. The zero-order chi connectivity index (χ0) is 21.0. The van der Waals surface area contributed by atoms with Crippen molar-refractivity contribution in [3.63, 3.8) is 0 Å². The van der Waals surface area contributed by atoms with E-state index in [1.807, 2.05) is 13.0 Å². The number of carbonyl (C=O) groups excluding carboxylic acids is 1. The number of nitrogens with one attached hydrogen (secondary N) is 1. The number of carbonyl (C=O) groups is 1. The number of benzene rings is 2. The van der Waals surface area contributed by atoms with Gasteiger partial charge in [0.05, 0.1) is 23.0 Å².